The minimum atomic E-state index is -0.530. The SMILES string of the molecule is CC1=C(C(=O)C(=O)N2CCN(C(=O)c3ccccc3)CC2)C(C)N=[N+]1c1ccccc1. The number of nitrogens with zero attached hydrogens (tertiary/aromatic N) is 4. The molecule has 2 amide bonds. The molecule has 0 aliphatic carbocycles. The van der Waals surface area contributed by atoms with Crippen molar-refractivity contribution < 1.29 is 19.1 Å². The standard InChI is InChI=1S/C24H25N4O3/c1-17-21(18(2)28(25-17)20-11-7-4-8-12-20)22(29)24(31)27-15-13-26(14-16-27)23(30)19-9-5-3-6-10-19/h3-12,17H,13-16H2,1-2H3/q+1. The first-order valence-corrected chi connectivity index (χ1v) is 10.4. The van der Waals surface area contributed by atoms with Crippen LogP contribution in [0.4, 0.5) is 5.69 Å². The minimum Gasteiger partial charge on any atom is -0.335 e. The van der Waals surface area contributed by atoms with Crippen LogP contribution < -0.4 is 0 Å². The fraction of sp³-hybridized carbons (Fsp3) is 0.292. The number of hydrogen-bond acceptors (Lipinski definition) is 4. The molecule has 2 aliphatic heterocycles. The first-order chi connectivity index (χ1) is 15.0. The van der Waals surface area contributed by atoms with Crippen molar-refractivity contribution in [3.05, 3.63) is 77.5 Å². The van der Waals surface area contributed by atoms with Crippen LogP contribution in [0, 0.1) is 0 Å². The number of amides is 2. The van der Waals surface area contributed by atoms with E-state index in [4.69, 9.17) is 0 Å². The van der Waals surface area contributed by atoms with Gasteiger partial charge in [-0.1, -0.05) is 41.1 Å². The maximum absolute atomic E-state index is 13.1. The average molecular weight is 417 g/mol. The molecule has 0 N–H and O–H groups in total. The predicted molar refractivity (Wildman–Crippen MR) is 115 cm³/mol. The van der Waals surface area contributed by atoms with Crippen LogP contribution in [0.2, 0.25) is 0 Å². The van der Waals surface area contributed by atoms with E-state index >= 15 is 0 Å². The normalized spacial score (nSPS) is 18.8. The number of carbonyl (C=O) groups is 3. The lowest BCUT2D eigenvalue weighted by atomic mass is 10.0. The number of hydrogen-bond donors (Lipinski definition) is 0. The Morgan fingerprint density at radius 3 is 2.03 bits per heavy atom. The van der Waals surface area contributed by atoms with Gasteiger partial charge in [0.15, 0.2) is 0 Å². The van der Waals surface area contributed by atoms with Crippen molar-refractivity contribution in [3.63, 3.8) is 0 Å². The van der Waals surface area contributed by atoms with Gasteiger partial charge in [0.25, 0.3) is 17.6 Å². The van der Waals surface area contributed by atoms with E-state index in [9.17, 15) is 14.4 Å². The fourth-order valence-electron chi connectivity index (χ4n) is 4.05. The third kappa shape index (κ3) is 4.03. The molecule has 1 fully saturated rings. The third-order valence-electron chi connectivity index (χ3n) is 5.73. The number of ketones is 1. The topological polar surface area (TPSA) is 73.1 Å². The molecule has 1 saturated heterocycles. The number of azo groups is 2. The van der Waals surface area contributed by atoms with Crippen molar-refractivity contribution in [2.75, 3.05) is 26.2 Å². The summed E-state index contributed by atoms with van der Waals surface area (Å²) in [5, 5.41) is 4.55. The van der Waals surface area contributed by atoms with Gasteiger partial charge in [0.05, 0.1) is 0 Å². The van der Waals surface area contributed by atoms with Gasteiger partial charge >= 0.3 is 0 Å². The number of benzene rings is 2. The van der Waals surface area contributed by atoms with E-state index in [0.29, 0.717) is 43.0 Å². The Bertz CT molecular complexity index is 1070. The lowest BCUT2D eigenvalue weighted by Crippen LogP contribution is -2.52. The summed E-state index contributed by atoms with van der Waals surface area (Å²) in [7, 11) is 0. The molecular formula is C24H25N4O3+. The lowest BCUT2D eigenvalue weighted by Gasteiger charge is -2.34. The van der Waals surface area contributed by atoms with E-state index in [2.05, 4.69) is 5.11 Å². The number of Topliss-reactive ketones (excluding diaryl/α,β-unsaturated/α-hetero) is 1. The molecule has 0 aromatic heterocycles. The highest BCUT2D eigenvalue weighted by molar-refractivity contribution is 6.43. The Balaban J connectivity index is 1.43. The summed E-state index contributed by atoms with van der Waals surface area (Å²) >= 11 is 0. The summed E-state index contributed by atoms with van der Waals surface area (Å²) in [6.45, 7) is 5.12. The average Bonchev–Trinajstić information content (AvgIpc) is 3.12. The minimum absolute atomic E-state index is 0.0562. The predicted octanol–water partition coefficient (Wildman–Crippen LogP) is 3.01. The molecule has 7 nitrogen and oxygen atoms in total. The highest BCUT2D eigenvalue weighted by atomic mass is 16.2. The van der Waals surface area contributed by atoms with Crippen LogP contribution in [0.5, 0.6) is 0 Å². The van der Waals surface area contributed by atoms with Crippen molar-refractivity contribution in [1.82, 2.24) is 9.80 Å². The van der Waals surface area contributed by atoms with Crippen LogP contribution in [0.3, 0.4) is 0 Å². The van der Waals surface area contributed by atoms with Crippen LogP contribution >= 0.6 is 0 Å². The van der Waals surface area contributed by atoms with Gasteiger partial charge in [-0.3, -0.25) is 14.4 Å². The monoisotopic (exact) mass is 417 g/mol. The first-order valence-electron chi connectivity index (χ1n) is 10.4. The summed E-state index contributed by atoms with van der Waals surface area (Å²) in [5.74, 6) is -1.10. The van der Waals surface area contributed by atoms with E-state index in [1.807, 2.05) is 62.4 Å². The smallest absolute Gasteiger partial charge is 0.295 e. The quantitative estimate of drug-likeness (QED) is 0.567. The number of rotatable bonds is 4. The maximum Gasteiger partial charge on any atom is 0.295 e. The molecule has 1 atom stereocenters. The second kappa shape index (κ2) is 8.63. The fourth-order valence-corrected chi connectivity index (χ4v) is 4.05. The van der Waals surface area contributed by atoms with Gasteiger partial charge in [-0.2, -0.15) is 0 Å². The van der Waals surface area contributed by atoms with Gasteiger partial charge in [0.2, 0.25) is 11.4 Å². The van der Waals surface area contributed by atoms with E-state index in [1.54, 1.807) is 21.7 Å². The Morgan fingerprint density at radius 1 is 0.871 bits per heavy atom. The molecular weight excluding hydrogens is 392 g/mol. The number of carbonyl (C=O) groups excluding carboxylic acids is 3. The molecule has 2 aliphatic rings. The zero-order valence-corrected chi connectivity index (χ0v) is 17.7. The van der Waals surface area contributed by atoms with E-state index in [1.165, 1.54) is 4.90 Å². The van der Waals surface area contributed by atoms with Crippen LogP contribution in [0.15, 0.2) is 77.0 Å². The number of piperazine rings is 1. The zero-order valence-electron chi connectivity index (χ0n) is 17.7. The summed E-state index contributed by atoms with van der Waals surface area (Å²) < 4.78 is 1.72. The Labute approximate surface area is 181 Å². The molecule has 2 heterocycles. The second-order valence-corrected chi connectivity index (χ2v) is 7.72. The summed E-state index contributed by atoms with van der Waals surface area (Å²) in [6, 6.07) is 18.2. The van der Waals surface area contributed by atoms with Gasteiger partial charge in [0.1, 0.15) is 11.6 Å². The third-order valence-corrected chi connectivity index (χ3v) is 5.73. The molecule has 0 bridgehead atoms. The number of para-hydroxylation sites is 1. The summed E-state index contributed by atoms with van der Waals surface area (Å²) in [4.78, 5) is 41.9. The van der Waals surface area contributed by atoms with Crippen molar-refractivity contribution in [1.29, 1.82) is 0 Å². The summed E-state index contributed by atoms with van der Waals surface area (Å²) in [5.41, 5.74) is 2.59. The molecule has 158 valence electrons. The Hall–Kier alpha value is -3.61. The summed E-state index contributed by atoms with van der Waals surface area (Å²) in [6.07, 6.45) is 0. The van der Waals surface area contributed by atoms with Gasteiger partial charge in [-0.15, -0.1) is 0 Å². The molecule has 0 saturated carbocycles. The van der Waals surface area contributed by atoms with Gasteiger partial charge in [-0.05, 0) is 24.2 Å². The second-order valence-electron chi connectivity index (χ2n) is 7.72. The van der Waals surface area contributed by atoms with E-state index in [0.717, 1.165) is 5.69 Å². The molecule has 2 aromatic carbocycles. The Morgan fingerprint density at radius 2 is 1.42 bits per heavy atom. The van der Waals surface area contributed by atoms with E-state index < -0.39 is 17.7 Å². The molecule has 31 heavy (non-hydrogen) atoms. The Kier molecular flexibility index (Phi) is 5.75. The van der Waals surface area contributed by atoms with Crippen LogP contribution in [-0.4, -0.2) is 64.3 Å². The lowest BCUT2D eigenvalue weighted by molar-refractivity contribution is -0.455. The first kappa shape index (κ1) is 20.7. The van der Waals surface area contributed by atoms with Crippen LogP contribution in [-0.2, 0) is 9.59 Å². The van der Waals surface area contributed by atoms with Crippen molar-refractivity contribution >= 4 is 23.3 Å². The van der Waals surface area contributed by atoms with Gasteiger partial charge < -0.3 is 9.80 Å². The van der Waals surface area contributed by atoms with Crippen molar-refractivity contribution in [2.45, 2.75) is 19.9 Å². The number of allylic oxidation sites excluding steroid dienone is 1. The molecule has 0 spiro atoms. The molecule has 7 heteroatoms. The highest BCUT2D eigenvalue weighted by Gasteiger charge is 2.40. The maximum atomic E-state index is 13.1. The van der Waals surface area contributed by atoms with Gasteiger partial charge in [0, 0.05) is 50.8 Å². The van der Waals surface area contributed by atoms with Crippen molar-refractivity contribution in [3.8, 4) is 0 Å². The van der Waals surface area contributed by atoms with Gasteiger partial charge in [-0.25, -0.2) is 0 Å². The molecule has 1 unspecified atom stereocenters. The van der Waals surface area contributed by atoms with Crippen LogP contribution in [0.25, 0.3) is 0 Å². The zero-order chi connectivity index (χ0) is 22.0. The van der Waals surface area contributed by atoms with Crippen LogP contribution in [0.1, 0.15) is 24.2 Å². The largest absolute Gasteiger partial charge is 0.335 e. The molecule has 0 radical (unpaired) electrons. The molecule has 4 rings (SSSR count). The van der Waals surface area contributed by atoms with Crippen molar-refractivity contribution in [2.24, 2.45) is 5.11 Å². The highest BCUT2D eigenvalue weighted by Crippen LogP contribution is 2.29. The molecule has 2 aromatic rings. The van der Waals surface area contributed by atoms with E-state index in [-0.39, 0.29) is 5.91 Å².